The number of piperidine rings is 3. The lowest BCUT2D eigenvalue weighted by Crippen LogP contribution is -2.52. The lowest BCUT2D eigenvalue weighted by molar-refractivity contribution is -0.152. The highest BCUT2D eigenvalue weighted by Crippen LogP contribution is 2.34. The summed E-state index contributed by atoms with van der Waals surface area (Å²) in [5.74, 6) is -0.109. The van der Waals surface area contributed by atoms with Gasteiger partial charge in [0.1, 0.15) is 23.7 Å². The minimum atomic E-state index is -1.17. The number of H-pyrrole nitrogens is 1. The Morgan fingerprint density at radius 2 is 1.72 bits per heavy atom. The van der Waals surface area contributed by atoms with Crippen LogP contribution in [0.5, 0.6) is 11.5 Å². The number of carbonyl (C=O) groups excluding carboxylic acids is 1. The number of amides is 1. The number of aliphatic hydroxyl groups is 1. The van der Waals surface area contributed by atoms with Crippen LogP contribution in [0.2, 0.25) is 0 Å². The minimum absolute atomic E-state index is 0.0577. The standard InChI is InChI=1S/C42H52N4O8/c1-42(2,40(50)51)36(14-7-4-8-21-43-25-34(48)31-15-17-33(47)39-32(31)16-18-37(49)44-39)53-30-13-9-12-29(24-30)38(28-10-5-3-6-11-28)45-41(52)54-35-26-46-22-19-27(35)20-23-46/h3,5-6,9-13,15-18,24,27,34-36,38,43,47-48H,4,7-8,14,19-23,25-26H2,1-2H3,(H,44,49)(H,45,52)(H,50,51)/t34-,35-,36?,38?/m0/s1. The van der Waals surface area contributed by atoms with Gasteiger partial charge in [-0.05, 0) is 112 Å². The van der Waals surface area contributed by atoms with Crippen molar-refractivity contribution in [3.05, 3.63) is 106 Å². The molecule has 0 aliphatic carbocycles. The van der Waals surface area contributed by atoms with Crippen LogP contribution < -0.4 is 20.9 Å². The fourth-order valence-electron chi connectivity index (χ4n) is 7.63. The second-order valence-corrected chi connectivity index (χ2v) is 15.1. The molecule has 4 atom stereocenters. The van der Waals surface area contributed by atoms with Gasteiger partial charge in [-0.1, -0.05) is 55.0 Å². The van der Waals surface area contributed by atoms with Gasteiger partial charge in [0.2, 0.25) is 5.56 Å². The highest BCUT2D eigenvalue weighted by atomic mass is 16.6. The number of nitrogens with zero attached hydrogens (tertiary/aromatic N) is 1. The summed E-state index contributed by atoms with van der Waals surface area (Å²) >= 11 is 0. The van der Waals surface area contributed by atoms with Gasteiger partial charge < -0.3 is 40.4 Å². The molecule has 2 bridgehead atoms. The van der Waals surface area contributed by atoms with Crippen molar-refractivity contribution in [1.82, 2.24) is 20.5 Å². The van der Waals surface area contributed by atoms with Gasteiger partial charge in [0.15, 0.2) is 0 Å². The van der Waals surface area contributed by atoms with Crippen molar-refractivity contribution < 1.29 is 34.4 Å². The van der Waals surface area contributed by atoms with E-state index in [1.807, 2.05) is 54.6 Å². The van der Waals surface area contributed by atoms with Crippen molar-refractivity contribution in [3.63, 3.8) is 0 Å². The Balaban J connectivity index is 1.05. The number of carboxylic acids is 1. The topological polar surface area (TPSA) is 173 Å². The SMILES string of the molecule is CC(C)(C(=O)O)C(CCCCCNC[C@H](O)c1ccc(O)c2[nH]c(=O)ccc12)Oc1cccc(C(NC(=O)O[C@H]2CN3CCC2CC3)c2ccccc2)c1. The predicted octanol–water partition coefficient (Wildman–Crippen LogP) is 5.89. The number of hydrogen-bond acceptors (Lipinski definition) is 9. The summed E-state index contributed by atoms with van der Waals surface area (Å²) in [6, 6.07) is 22.7. The summed E-state index contributed by atoms with van der Waals surface area (Å²) in [5.41, 5.74) is 1.06. The normalized spacial score (nSPS) is 19.9. The number of aliphatic hydroxyl groups excluding tert-OH is 1. The number of fused-ring (bicyclic) bond motifs is 4. The molecule has 1 amide bonds. The van der Waals surface area contributed by atoms with Crippen LogP contribution in [-0.4, -0.2) is 82.2 Å². The number of nitrogens with one attached hydrogen (secondary N) is 3. The molecule has 6 N–H and O–H groups in total. The van der Waals surface area contributed by atoms with Gasteiger partial charge in [0, 0.05) is 24.5 Å². The third-order valence-electron chi connectivity index (χ3n) is 11.0. The molecule has 0 saturated carbocycles. The van der Waals surface area contributed by atoms with Crippen molar-refractivity contribution in [3.8, 4) is 11.5 Å². The first-order chi connectivity index (χ1) is 26.0. The number of phenolic OH excluding ortho intramolecular Hbond substituents is 1. The van der Waals surface area contributed by atoms with Crippen LogP contribution >= 0.6 is 0 Å². The third-order valence-corrected chi connectivity index (χ3v) is 11.0. The van der Waals surface area contributed by atoms with Crippen LogP contribution in [0, 0.1) is 11.3 Å². The average molecular weight is 741 g/mol. The average Bonchev–Trinajstić information content (AvgIpc) is 3.17. The highest BCUT2D eigenvalue weighted by molar-refractivity contribution is 5.87. The monoisotopic (exact) mass is 740 g/mol. The lowest BCUT2D eigenvalue weighted by Gasteiger charge is -2.43. The van der Waals surface area contributed by atoms with E-state index in [4.69, 9.17) is 9.47 Å². The summed E-state index contributed by atoms with van der Waals surface area (Å²) in [6.45, 7) is 7.14. The predicted molar refractivity (Wildman–Crippen MR) is 206 cm³/mol. The molecule has 3 aromatic carbocycles. The molecule has 12 heteroatoms. The molecule has 7 rings (SSSR count). The van der Waals surface area contributed by atoms with E-state index in [0.717, 1.165) is 62.9 Å². The molecule has 3 saturated heterocycles. The number of alkyl carbamates (subject to hydrolysis) is 1. The number of aliphatic carboxylic acids is 1. The van der Waals surface area contributed by atoms with E-state index in [9.17, 15) is 29.7 Å². The fourth-order valence-corrected chi connectivity index (χ4v) is 7.63. The minimum Gasteiger partial charge on any atom is -0.506 e. The number of rotatable bonds is 17. The maximum absolute atomic E-state index is 13.3. The van der Waals surface area contributed by atoms with Gasteiger partial charge in [-0.25, -0.2) is 4.79 Å². The Kier molecular flexibility index (Phi) is 12.6. The van der Waals surface area contributed by atoms with E-state index in [1.54, 1.807) is 26.0 Å². The van der Waals surface area contributed by atoms with Gasteiger partial charge in [-0.2, -0.15) is 0 Å². The summed E-state index contributed by atoms with van der Waals surface area (Å²) in [4.78, 5) is 42.4. The summed E-state index contributed by atoms with van der Waals surface area (Å²) < 4.78 is 12.4. The molecule has 4 aromatic rings. The molecule has 0 spiro atoms. The van der Waals surface area contributed by atoms with Crippen LogP contribution in [0.4, 0.5) is 4.79 Å². The van der Waals surface area contributed by atoms with E-state index >= 15 is 0 Å². The number of unbranched alkanes of at least 4 members (excludes halogenated alkanes) is 2. The number of aromatic hydroxyl groups is 1. The molecule has 288 valence electrons. The maximum Gasteiger partial charge on any atom is 0.408 e. The molecule has 4 heterocycles. The van der Waals surface area contributed by atoms with Crippen molar-refractivity contribution in [2.45, 2.75) is 76.7 Å². The third kappa shape index (κ3) is 9.41. The van der Waals surface area contributed by atoms with Gasteiger partial charge in [-0.15, -0.1) is 0 Å². The number of hydrogen-bond donors (Lipinski definition) is 6. The Morgan fingerprint density at radius 1 is 0.963 bits per heavy atom. The van der Waals surface area contributed by atoms with E-state index in [1.165, 1.54) is 12.1 Å². The van der Waals surface area contributed by atoms with Gasteiger partial charge >= 0.3 is 12.1 Å². The van der Waals surface area contributed by atoms with E-state index in [-0.39, 0.29) is 24.0 Å². The zero-order valence-electron chi connectivity index (χ0n) is 31.0. The number of benzene rings is 3. The molecular formula is C42H52N4O8. The molecule has 54 heavy (non-hydrogen) atoms. The summed E-state index contributed by atoms with van der Waals surface area (Å²) in [7, 11) is 0. The number of pyridine rings is 1. The molecule has 2 unspecified atom stereocenters. The van der Waals surface area contributed by atoms with Crippen molar-refractivity contribution in [2.24, 2.45) is 11.3 Å². The molecule has 0 radical (unpaired) electrons. The summed E-state index contributed by atoms with van der Waals surface area (Å²) in [6.07, 6.45) is 2.86. The van der Waals surface area contributed by atoms with Crippen molar-refractivity contribution >= 4 is 23.0 Å². The van der Waals surface area contributed by atoms with Gasteiger partial charge in [0.25, 0.3) is 0 Å². The van der Waals surface area contributed by atoms with Crippen LogP contribution in [0.1, 0.15) is 81.2 Å². The quantitative estimate of drug-likeness (QED) is 0.0718. The van der Waals surface area contributed by atoms with Crippen molar-refractivity contribution in [1.29, 1.82) is 0 Å². The summed E-state index contributed by atoms with van der Waals surface area (Å²) in [5, 5.41) is 38.1. The fraction of sp³-hybridized carbons (Fsp3) is 0.452. The number of aromatic amines is 1. The van der Waals surface area contributed by atoms with E-state index in [2.05, 4.69) is 20.5 Å². The number of ether oxygens (including phenoxy) is 2. The van der Waals surface area contributed by atoms with Crippen LogP contribution in [0.3, 0.4) is 0 Å². The number of carboxylic acid groups (broad SMARTS) is 1. The zero-order valence-corrected chi connectivity index (χ0v) is 31.0. The molecule has 3 aliphatic rings. The highest BCUT2D eigenvalue weighted by Gasteiger charge is 2.39. The number of carbonyl (C=O) groups is 2. The number of aromatic nitrogens is 1. The first-order valence-electron chi connectivity index (χ1n) is 19.0. The Labute approximate surface area is 315 Å². The second kappa shape index (κ2) is 17.5. The molecule has 3 aliphatic heterocycles. The molecule has 3 fully saturated rings. The Hall–Kier alpha value is -4.91. The lowest BCUT2D eigenvalue weighted by atomic mass is 9.83. The van der Waals surface area contributed by atoms with Crippen LogP contribution in [0.25, 0.3) is 10.9 Å². The maximum atomic E-state index is 13.3. The van der Waals surface area contributed by atoms with E-state index in [0.29, 0.717) is 41.1 Å². The van der Waals surface area contributed by atoms with Crippen LogP contribution in [0.15, 0.2) is 83.7 Å². The van der Waals surface area contributed by atoms with E-state index < -0.39 is 35.7 Å². The molecular weight excluding hydrogens is 688 g/mol. The molecule has 1 aromatic heterocycles. The Morgan fingerprint density at radius 3 is 2.44 bits per heavy atom. The first-order valence-corrected chi connectivity index (χ1v) is 19.0. The first kappa shape index (κ1) is 38.8. The number of phenols is 1. The van der Waals surface area contributed by atoms with Gasteiger partial charge in [0.05, 0.1) is 23.1 Å². The zero-order chi connectivity index (χ0) is 38.2. The van der Waals surface area contributed by atoms with Crippen molar-refractivity contribution in [2.75, 3.05) is 32.7 Å². The van der Waals surface area contributed by atoms with Gasteiger partial charge in [-0.3, -0.25) is 14.5 Å². The second-order valence-electron chi connectivity index (χ2n) is 15.1. The Bertz CT molecular complexity index is 1940. The molecule has 12 nitrogen and oxygen atoms in total. The largest absolute Gasteiger partial charge is 0.506 e. The smallest absolute Gasteiger partial charge is 0.408 e. The van der Waals surface area contributed by atoms with Crippen LogP contribution in [-0.2, 0) is 9.53 Å².